The minimum absolute atomic E-state index is 0.419. The van der Waals surface area contributed by atoms with Gasteiger partial charge in [0.05, 0.1) is 12.1 Å². The van der Waals surface area contributed by atoms with Gasteiger partial charge in [0.2, 0.25) is 0 Å². The zero-order valence-electron chi connectivity index (χ0n) is 16.7. The van der Waals surface area contributed by atoms with Gasteiger partial charge in [0.1, 0.15) is 6.04 Å². The van der Waals surface area contributed by atoms with Crippen molar-refractivity contribution < 1.29 is 14.7 Å². The van der Waals surface area contributed by atoms with Crippen molar-refractivity contribution in [3.63, 3.8) is 0 Å². The standard InChI is InChI=1S/C24H23N3O3/c1-30-16-18-10-12-19(13-11-18)20-8-5-9-22-21(20)15-27(25-22)23(24(28)26-29)14-17-6-3-2-4-7-17/h2-13,15,23,29H,14,16H2,1H3,(H,26,28). The maximum atomic E-state index is 12.4. The van der Waals surface area contributed by atoms with Crippen LogP contribution in [0.1, 0.15) is 17.2 Å². The molecule has 0 aliphatic heterocycles. The number of ether oxygens (including phenoxy) is 1. The van der Waals surface area contributed by atoms with E-state index in [4.69, 9.17) is 4.74 Å². The fraction of sp³-hybridized carbons (Fsp3) is 0.167. The summed E-state index contributed by atoms with van der Waals surface area (Å²) in [5.41, 5.74) is 6.75. The average molecular weight is 401 g/mol. The van der Waals surface area contributed by atoms with Gasteiger partial charge < -0.3 is 4.74 Å². The smallest absolute Gasteiger partial charge is 0.268 e. The van der Waals surface area contributed by atoms with Crippen LogP contribution in [0.15, 0.2) is 79.0 Å². The molecule has 3 aromatic carbocycles. The van der Waals surface area contributed by atoms with Crippen LogP contribution < -0.4 is 5.48 Å². The van der Waals surface area contributed by atoms with E-state index < -0.39 is 11.9 Å². The van der Waals surface area contributed by atoms with Crippen molar-refractivity contribution in [2.45, 2.75) is 19.1 Å². The van der Waals surface area contributed by atoms with E-state index in [0.29, 0.717) is 13.0 Å². The van der Waals surface area contributed by atoms with Crippen molar-refractivity contribution in [2.24, 2.45) is 0 Å². The van der Waals surface area contributed by atoms with E-state index in [1.54, 1.807) is 17.3 Å². The zero-order chi connectivity index (χ0) is 20.9. The van der Waals surface area contributed by atoms with Gasteiger partial charge in [-0.3, -0.25) is 14.7 Å². The molecule has 0 bridgehead atoms. The number of fused-ring (bicyclic) bond motifs is 1. The monoisotopic (exact) mass is 401 g/mol. The third-order valence-corrected chi connectivity index (χ3v) is 5.15. The second kappa shape index (κ2) is 8.90. The van der Waals surface area contributed by atoms with Gasteiger partial charge in [-0.05, 0) is 28.3 Å². The van der Waals surface area contributed by atoms with Gasteiger partial charge >= 0.3 is 0 Å². The molecule has 6 nitrogen and oxygen atoms in total. The Bertz CT molecular complexity index is 1140. The Labute approximate surface area is 174 Å². The van der Waals surface area contributed by atoms with Crippen LogP contribution in [-0.4, -0.2) is 28.0 Å². The first kappa shape index (κ1) is 19.8. The molecule has 30 heavy (non-hydrogen) atoms. The highest BCUT2D eigenvalue weighted by molar-refractivity contribution is 5.94. The van der Waals surface area contributed by atoms with Gasteiger partial charge in [0.25, 0.3) is 5.91 Å². The number of nitrogens with zero attached hydrogens (tertiary/aromatic N) is 2. The molecule has 0 aliphatic carbocycles. The van der Waals surface area contributed by atoms with Crippen LogP contribution in [0.4, 0.5) is 0 Å². The van der Waals surface area contributed by atoms with Crippen molar-refractivity contribution >= 4 is 16.8 Å². The summed E-state index contributed by atoms with van der Waals surface area (Å²) in [6, 6.07) is 23.1. The zero-order valence-corrected chi connectivity index (χ0v) is 16.7. The Balaban J connectivity index is 1.73. The van der Waals surface area contributed by atoms with E-state index in [-0.39, 0.29) is 0 Å². The highest BCUT2D eigenvalue weighted by Crippen LogP contribution is 2.30. The number of methoxy groups -OCH3 is 1. The van der Waals surface area contributed by atoms with Crippen LogP contribution in [0, 0.1) is 0 Å². The molecule has 1 atom stereocenters. The predicted molar refractivity (Wildman–Crippen MR) is 115 cm³/mol. The van der Waals surface area contributed by atoms with Crippen LogP contribution in [0.2, 0.25) is 0 Å². The number of nitrogens with one attached hydrogen (secondary N) is 1. The summed E-state index contributed by atoms with van der Waals surface area (Å²) in [4.78, 5) is 12.4. The first-order valence-electron chi connectivity index (χ1n) is 9.73. The summed E-state index contributed by atoms with van der Waals surface area (Å²) in [5, 5.41) is 14.9. The number of rotatable bonds is 7. The van der Waals surface area contributed by atoms with Gasteiger partial charge in [-0.1, -0.05) is 66.7 Å². The normalized spacial score (nSPS) is 12.1. The maximum absolute atomic E-state index is 12.4. The summed E-state index contributed by atoms with van der Waals surface area (Å²) >= 11 is 0. The molecule has 1 amide bonds. The molecule has 1 heterocycles. The van der Waals surface area contributed by atoms with Crippen molar-refractivity contribution in [1.29, 1.82) is 0 Å². The van der Waals surface area contributed by atoms with Crippen molar-refractivity contribution in [3.8, 4) is 11.1 Å². The number of amides is 1. The maximum Gasteiger partial charge on any atom is 0.268 e. The summed E-state index contributed by atoms with van der Waals surface area (Å²) in [7, 11) is 1.68. The molecule has 152 valence electrons. The number of hydroxylamine groups is 1. The second-order valence-electron chi connectivity index (χ2n) is 7.16. The van der Waals surface area contributed by atoms with Crippen LogP contribution >= 0.6 is 0 Å². The van der Waals surface area contributed by atoms with Crippen molar-refractivity contribution in [1.82, 2.24) is 15.3 Å². The Morgan fingerprint density at radius 1 is 1.03 bits per heavy atom. The lowest BCUT2D eigenvalue weighted by atomic mass is 10.0. The number of hydrogen-bond acceptors (Lipinski definition) is 4. The van der Waals surface area contributed by atoms with Gasteiger partial charge in [-0.25, -0.2) is 5.48 Å². The van der Waals surface area contributed by atoms with Gasteiger partial charge in [0.15, 0.2) is 0 Å². The third kappa shape index (κ3) is 4.10. The largest absolute Gasteiger partial charge is 0.380 e. The van der Waals surface area contributed by atoms with Crippen molar-refractivity contribution in [3.05, 3.63) is 90.1 Å². The molecule has 0 spiro atoms. The number of carbonyl (C=O) groups is 1. The number of hydrogen-bond donors (Lipinski definition) is 2. The van der Waals surface area contributed by atoms with E-state index in [1.807, 2.05) is 66.9 Å². The van der Waals surface area contributed by atoms with E-state index in [0.717, 1.165) is 33.2 Å². The van der Waals surface area contributed by atoms with Crippen LogP contribution in [-0.2, 0) is 22.6 Å². The highest BCUT2D eigenvalue weighted by Gasteiger charge is 2.22. The van der Waals surface area contributed by atoms with Crippen LogP contribution in [0.5, 0.6) is 0 Å². The Morgan fingerprint density at radius 3 is 2.50 bits per heavy atom. The van der Waals surface area contributed by atoms with Crippen LogP contribution in [0.3, 0.4) is 0 Å². The van der Waals surface area contributed by atoms with E-state index in [2.05, 4.69) is 17.2 Å². The molecule has 4 rings (SSSR count). The molecule has 0 fully saturated rings. The molecule has 1 aromatic heterocycles. The SMILES string of the molecule is COCc1ccc(-c2cccc3nn(C(Cc4ccccc4)C(=O)NO)cc23)cc1. The fourth-order valence-corrected chi connectivity index (χ4v) is 3.64. The Morgan fingerprint density at radius 2 is 1.80 bits per heavy atom. The number of benzene rings is 3. The quantitative estimate of drug-likeness (QED) is 0.360. The van der Waals surface area contributed by atoms with Gasteiger partial charge in [-0.2, -0.15) is 5.10 Å². The van der Waals surface area contributed by atoms with E-state index >= 15 is 0 Å². The van der Waals surface area contributed by atoms with Gasteiger partial charge in [-0.15, -0.1) is 0 Å². The minimum Gasteiger partial charge on any atom is -0.380 e. The molecule has 1 unspecified atom stereocenters. The summed E-state index contributed by atoms with van der Waals surface area (Å²) in [6.07, 6.45) is 2.29. The number of aromatic nitrogens is 2. The minimum atomic E-state index is -0.665. The number of carbonyl (C=O) groups excluding carboxylic acids is 1. The highest BCUT2D eigenvalue weighted by atomic mass is 16.5. The first-order valence-corrected chi connectivity index (χ1v) is 9.73. The lowest BCUT2D eigenvalue weighted by Gasteiger charge is -2.15. The molecule has 0 saturated carbocycles. The van der Waals surface area contributed by atoms with E-state index in [1.165, 1.54) is 0 Å². The van der Waals surface area contributed by atoms with Crippen LogP contribution in [0.25, 0.3) is 22.0 Å². The molecule has 0 radical (unpaired) electrons. The van der Waals surface area contributed by atoms with E-state index in [9.17, 15) is 10.0 Å². The Kier molecular flexibility index (Phi) is 5.88. The van der Waals surface area contributed by atoms with Crippen molar-refractivity contribution in [2.75, 3.05) is 7.11 Å². The lowest BCUT2D eigenvalue weighted by Crippen LogP contribution is -2.32. The average Bonchev–Trinajstić information content (AvgIpc) is 3.22. The summed E-state index contributed by atoms with van der Waals surface area (Å²) < 4.78 is 6.81. The first-order chi connectivity index (χ1) is 14.7. The summed E-state index contributed by atoms with van der Waals surface area (Å²) in [6.45, 7) is 0.569. The van der Waals surface area contributed by atoms with Gasteiger partial charge in [0, 0.05) is 25.1 Å². The molecule has 4 aromatic rings. The molecular weight excluding hydrogens is 378 g/mol. The molecule has 6 heteroatoms. The lowest BCUT2D eigenvalue weighted by molar-refractivity contribution is -0.132. The summed E-state index contributed by atoms with van der Waals surface area (Å²) in [5.74, 6) is -0.503. The third-order valence-electron chi connectivity index (χ3n) is 5.15. The second-order valence-corrected chi connectivity index (χ2v) is 7.16. The fourth-order valence-electron chi connectivity index (χ4n) is 3.64. The molecule has 0 saturated heterocycles. The predicted octanol–water partition coefficient (Wildman–Crippen LogP) is 4.14. The topological polar surface area (TPSA) is 76.4 Å². The molecular formula is C24H23N3O3. The Hall–Kier alpha value is -3.48. The molecule has 2 N–H and O–H groups in total. The molecule has 0 aliphatic rings.